The fourth-order valence-electron chi connectivity index (χ4n) is 4.35. The van der Waals surface area contributed by atoms with Gasteiger partial charge in [0.2, 0.25) is 0 Å². The van der Waals surface area contributed by atoms with Crippen LogP contribution in [0.5, 0.6) is 11.5 Å². The van der Waals surface area contributed by atoms with Crippen LogP contribution >= 0.6 is 22.9 Å². The summed E-state index contributed by atoms with van der Waals surface area (Å²) < 4.78 is 11.5. The van der Waals surface area contributed by atoms with Crippen molar-refractivity contribution in [3.63, 3.8) is 0 Å². The van der Waals surface area contributed by atoms with Gasteiger partial charge in [-0.15, -0.1) is 11.3 Å². The van der Waals surface area contributed by atoms with Crippen LogP contribution in [-0.4, -0.2) is 19.2 Å². The predicted molar refractivity (Wildman–Crippen MR) is 151 cm³/mol. The number of benzene rings is 3. The van der Waals surface area contributed by atoms with Gasteiger partial charge in [0.15, 0.2) is 11.5 Å². The maximum absolute atomic E-state index is 13.3. The molecule has 0 saturated heterocycles. The molecule has 0 aliphatic heterocycles. The quantitative estimate of drug-likeness (QED) is 0.236. The summed E-state index contributed by atoms with van der Waals surface area (Å²) in [5, 5.41) is 4.47. The molecule has 1 N–H and O–H groups in total. The molecule has 4 aromatic rings. The van der Waals surface area contributed by atoms with Crippen LogP contribution in [0.4, 0.5) is 10.7 Å². The molecule has 3 aromatic carbocycles. The first kappa shape index (κ1) is 25.1. The van der Waals surface area contributed by atoms with Crippen molar-refractivity contribution < 1.29 is 14.3 Å². The van der Waals surface area contributed by atoms with Crippen LogP contribution in [0.3, 0.4) is 0 Å². The van der Waals surface area contributed by atoms with Crippen molar-refractivity contribution in [1.82, 2.24) is 0 Å². The number of thiophene rings is 1. The molecule has 0 radical (unpaired) electrons. The van der Waals surface area contributed by atoms with E-state index in [4.69, 9.17) is 26.1 Å². The number of nitrogens with one attached hydrogen (secondary N) is 1. The standard InChI is InChI=1S/C30H27ClN2O3S/c1-35-26-17-21(13-16-25(26)36-19-20-11-14-22(31)15-12-20)18-32-30-28(24-9-5-6-10-27(24)37-30)29(34)33-23-7-3-2-4-8-23/h2-4,7-8,11-18H,5-6,9-10,19H2,1H3,(H,33,34). The first-order valence-electron chi connectivity index (χ1n) is 12.2. The second-order valence-corrected chi connectivity index (χ2v) is 10.3. The normalized spacial score (nSPS) is 12.8. The molecule has 188 valence electrons. The Hall–Kier alpha value is -3.61. The highest BCUT2D eigenvalue weighted by Gasteiger charge is 2.25. The molecule has 37 heavy (non-hydrogen) atoms. The fraction of sp³-hybridized carbons (Fsp3) is 0.200. The molecular weight excluding hydrogens is 504 g/mol. The van der Waals surface area contributed by atoms with Gasteiger partial charge in [0, 0.05) is 21.8 Å². The summed E-state index contributed by atoms with van der Waals surface area (Å²) in [5.41, 5.74) is 4.48. The number of anilines is 1. The smallest absolute Gasteiger partial charge is 0.259 e. The third-order valence-electron chi connectivity index (χ3n) is 6.24. The van der Waals surface area contributed by atoms with Gasteiger partial charge in [0.1, 0.15) is 11.6 Å². The van der Waals surface area contributed by atoms with Gasteiger partial charge in [0.05, 0.1) is 12.7 Å². The average molecular weight is 531 g/mol. The lowest BCUT2D eigenvalue weighted by atomic mass is 9.95. The number of halogens is 1. The molecule has 0 saturated carbocycles. The third kappa shape index (κ3) is 6.04. The lowest BCUT2D eigenvalue weighted by Crippen LogP contribution is -2.14. The highest BCUT2D eigenvalue weighted by molar-refractivity contribution is 7.16. The second kappa shape index (κ2) is 11.6. The average Bonchev–Trinajstić information content (AvgIpc) is 3.31. The first-order valence-corrected chi connectivity index (χ1v) is 13.4. The van der Waals surface area contributed by atoms with Gasteiger partial charge < -0.3 is 14.8 Å². The van der Waals surface area contributed by atoms with Crippen LogP contribution in [0, 0.1) is 0 Å². The van der Waals surface area contributed by atoms with Crippen molar-refractivity contribution >= 4 is 45.7 Å². The number of hydrogen-bond acceptors (Lipinski definition) is 5. The monoisotopic (exact) mass is 530 g/mol. The number of rotatable bonds is 8. The molecule has 7 heteroatoms. The molecule has 1 aromatic heterocycles. The summed E-state index contributed by atoms with van der Waals surface area (Å²) in [6.07, 6.45) is 5.92. The molecule has 0 unspecified atom stereocenters. The topological polar surface area (TPSA) is 59.9 Å². The molecule has 0 fully saturated rings. The molecule has 1 aliphatic carbocycles. The van der Waals surface area contributed by atoms with Gasteiger partial charge in [-0.1, -0.05) is 41.9 Å². The third-order valence-corrected chi connectivity index (χ3v) is 7.69. The number of aryl methyl sites for hydroxylation is 1. The number of hydrogen-bond donors (Lipinski definition) is 1. The van der Waals surface area contributed by atoms with Crippen LogP contribution < -0.4 is 14.8 Å². The zero-order valence-electron chi connectivity index (χ0n) is 20.5. The molecule has 5 nitrogen and oxygen atoms in total. The van der Waals surface area contributed by atoms with E-state index in [1.807, 2.05) is 72.8 Å². The molecule has 0 bridgehead atoms. The summed E-state index contributed by atoms with van der Waals surface area (Å²) >= 11 is 7.58. The van der Waals surface area contributed by atoms with Gasteiger partial charge in [0.25, 0.3) is 5.91 Å². The highest BCUT2D eigenvalue weighted by Crippen LogP contribution is 2.40. The number of carbonyl (C=O) groups is 1. The van der Waals surface area contributed by atoms with Crippen molar-refractivity contribution in [2.45, 2.75) is 32.3 Å². The number of carbonyl (C=O) groups excluding carboxylic acids is 1. The molecule has 1 aliphatic rings. The molecule has 1 heterocycles. The minimum atomic E-state index is -0.110. The zero-order chi connectivity index (χ0) is 25.6. The maximum Gasteiger partial charge on any atom is 0.259 e. The van der Waals surface area contributed by atoms with Gasteiger partial charge in [-0.05, 0) is 84.8 Å². The Morgan fingerprint density at radius 2 is 1.81 bits per heavy atom. The Kier molecular flexibility index (Phi) is 7.87. The second-order valence-electron chi connectivity index (χ2n) is 8.79. The van der Waals surface area contributed by atoms with Gasteiger partial charge >= 0.3 is 0 Å². The number of aliphatic imine (C=N–C) groups is 1. The van der Waals surface area contributed by atoms with Crippen molar-refractivity contribution in [3.8, 4) is 11.5 Å². The number of amides is 1. The van der Waals surface area contributed by atoms with E-state index in [0.717, 1.165) is 53.1 Å². The summed E-state index contributed by atoms with van der Waals surface area (Å²) in [6, 6.07) is 22.8. The minimum Gasteiger partial charge on any atom is -0.493 e. The molecule has 0 spiro atoms. The van der Waals surface area contributed by atoms with E-state index in [1.165, 1.54) is 4.88 Å². The van der Waals surface area contributed by atoms with Gasteiger partial charge in [-0.3, -0.25) is 4.79 Å². The lowest BCUT2D eigenvalue weighted by Gasteiger charge is -2.13. The zero-order valence-corrected chi connectivity index (χ0v) is 22.1. The summed E-state index contributed by atoms with van der Waals surface area (Å²) in [5.74, 6) is 1.15. The Balaban J connectivity index is 1.37. The van der Waals surface area contributed by atoms with E-state index in [2.05, 4.69) is 5.32 Å². The number of fused-ring (bicyclic) bond motifs is 1. The Labute approximate surface area is 225 Å². The van der Waals surface area contributed by atoms with Crippen molar-refractivity contribution in [3.05, 3.63) is 105 Å². The lowest BCUT2D eigenvalue weighted by molar-refractivity contribution is 0.102. The van der Waals surface area contributed by atoms with E-state index >= 15 is 0 Å². The predicted octanol–water partition coefficient (Wildman–Crippen LogP) is 7.87. The van der Waals surface area contributed by atoms with E-state index in [9.17, 15) is 4.79 Å². The van der Waals surface area contributed by atoms with Crippen molar-refractivity contribution in [2.75, 3.05) is 12.4 Å². The molecule has 0 atom stereocenters. The Morgan fingerprint density at radius 1 is 1.03 bits per heavy atom. The van der Waals surface area contributed by atoms with Crippen molar-refractivity contribution in [1.29, 1.82) is 0 Å². The number of ether oxygens (including phenoxy) is 2. The van der Waals surface area contributed by atoms with E-state index in [1.54, 1.807) is 24.7 Å². The minimum absolute atomic E-state index is 0.110. The molecule has 1 amide bonds. The van der Waals surface area contributed by atoms with Crippen LogP contribution in [0.25, 0.3) is 0 Å². The largest absolute Gasteiger partial charge is 0.493 e. The molecular formula is C30H27ClN2O3S. The fourth-order valence-corrected chi connectivity index (χ4v) is 5.71. The first-order chi connectivity index (χ1) is 18.1. The number of nitrogens with zero attached hydrogens (tertiary/aromatic N) is 1. The Morgan fingerprint density at radius 3 is 2.59 bits per heavy atom. The number of para-hydroxylation sites is 1. The van der Waals surface area contributed by atoms with E-state index in [-0.39, 0.29) is 5.91 Å². The van der Waals surface area contributed by atoms with E-state index in [0.29, 0.717) is 28.7 Å². The Bertz CT molecular complexity index is 1420. The van der Waals surface area contributed by atoms with Gasteiger partial charge in [-0.25, -0.2) is 4.99 Å². The van der Waals surface area contributed by atoms with Crippen LogP contribution in [0.1, 0.15) is 44.8 Å². The summed E-state index contributed by atoms with van der Waals surface area (Å²) in [7, 11) is 1.62. The molecule has 5 rings (SSSR count). The SMILES string of the molecule is COc1cc(C=Nc2sc3c(c2C(=O)Nc2ccccc2)CCCC3)ccc1OCc1ccc(Cl)cc1. The maximum atomic E-state index is 13.3. The van der Waals surface area contributed by atoms with E-state index < -0.39 is 0 Å². The van der Waals surface area contributed by atoms with Crippen LogP contribution in [0.15, 0.2) is 77.8 Å². The summed E-state index contributed by atoms with van der Waals surface area (Å²) in [4.78, 5) is 19.3. The van der Waals surface area contributed by atoms with Crippen molar-refractivity contribution in [2.24, 2.45) is 4.99 Å². The van der Waals surface area contributed by atoms with Crippen LogP contribution in [0.2, 0.25) is 5.02 Å². The van der Waals surface area contributed by atoms with Gasteiger partial charge in [-0.2, -0.15) is 0 Å². The highest BCUT2D eigenvalue weighted by atomic mass is 35.5. The summed E-state index contributed by atoms with van der Waals surface area (Å²) in [6.45, 7) is 0.404. The number of methoxy groups -OCH3 is 1. The van der Waals surface area contributed by atoms with Crippen LogP contribution in [-0.2, 0) is 19.4 Å².